The zero-order valence-corrected chi connectivity index (χ0v) is 15.8. The molecule has 148 valence electrons. The molecule has 0 unspecified atom stereocenters. The summed E-state index contributed by atoms with van der Waals surface area (Å²) < 4.78 is 0. The molecule has 1 aliphatic carbocycles. The van der Waals surface area contributed by atoms with Crippen molar-refractivity contribution in [3.8, 4) is 0 Å². The molecule has 1 aliphatic rings. The van der Waals surface area contributed by atoms with Crippen molar-refractivity contribution in [3.05, 3.63) is 24.3 Å². The monoisotopic (exact) mass is 366 g/mol. The number of hydrogen-bond acceptors (Lipinski definition) is 4. The minimum atomic E-state index is -0.767. The van der Waals surface area contributed by atoms with Crippen LogP contribution >= 0.6 is 0 Å². The normalized spacial score (nSPS) is 24.7. The van der Waals surface area contributed by atoms with Crippen molar-refractivity contribution in [2.45, 2.75) is 83.3 Å². The Bertz CT molecular complexity index is 483. The summed E-state index contributed by atoms with van der Waals surface area (Å²) >= 11 is 0. The van der Waals surface area contributed by atoms with E-state index in [1.807, 2.05) is 31.2 Å². The first kappa shape index (κ1) is 22.6. The highest BCUT2D eigenvalue weighted by Gasteiger charge is 2.39. The highest BCUT2D eigenvalue weighted by atomic mass is 16.4. The summed E-state index contributed by atoms with van der Waals surface area (Å²) in [6, 6.07) is 0. The fourth-order valence-electron chi connectivity index (χ4n) is 3.50. The lowest BCUT2D eigenvalue weighted by Gasteiger charge is -2.17. The van der Waals surface area contributed by atoms with Crippen LogP contribution in [0.1, 0.15) is 71.1 Å². The Labute approximate surface area is 156 Å². The summed E-state index contributed by atoms with van der Waals surface area (Å²) in [7, 11) is 0. The molecule has 0 aromatic heterocycles. The number of aliphatic carboxylic acids is 1. The molecule has 0 aromatic rings. The summed E-state index contributed by atoms with van der Waals surface area (Å²) in [6.45, 7) is 2.05. The first-order valence-corrected chi connectivity index (χ1v) is 9.88. The fourth-order valence-corrected chi connectivity index (χ4v) is 3.50. The van der Waals surface area contributed by atoms with E-state index < -0.39 is 18.2 Å². The van der Waals surface area contributed by atoms with Gasteiger partial charge in [-0.05, 0) is 32.1 Å². The average molecular weight is 366 g/mol. The lowest BCUT2D eigenvalue weighted by molar-refractivity contribution is -0.137. The standard InChI is InChI=1S/C21H34O5/c1-2-3-6-10-16(22)11-9-13-18-17(19(23)15-20(18)24)12-7-4-5-8-14-21(25)26/h3,6,9,13,16-18,20,22,24H,2,4-5,7-8,10-12,14-15H2,1H3,(H,25,26)/b6-3-,13-9+/t16-,17+,18+,20+/m0/s1. The second-order valence-electron chi connectivity index (χ2n) is 7.20. The Morgan fingerprint density at radius 1 is 1.15 bits per heavy atom. The zero-order chi connectivity index (χ0) is 19.4. The van der Waals surface area contributed by atoms with Crippen LogP contribution in [0.5, 0.6) is 0 Å². The van der Waals surface area contributed by atoms with E-state index in [2.05, 4.69) is 0 Å². The third-order valence-electron chi connectivity index (χ3n) is 4.97. The van der Waals surface area contributed by atoms with Crippen LogP contribution in [-0.2, 0) is 9.59 Å². The van der Waals surface area contributed by atoms with Crippen molar-refractivity contribution in [2.24, 2.45) is 11.8 Å². The summed E-state index contributed by atoms with van der Waals surface area (Å²) in [5.74, 6) is -0.974. The highest BCUT2D eigenvalue weighted by Crippen LogP contribution is 2.34. The molecule has 26 heavy (non-hydrogen) atoms. The molecule has 4 atom stereocenters. The van der Waals surface area contributed by atoms with E-state index in [4.69, 9.17) is 5.11 Å². The number of carbonyl (C=O) groups excluding carboxylic acids is 1. The quantitative estimate of drug-likeness (QED) is 0.342. The van der Waals surface area contributed by atoms with Gasteiger partial charge in [-0.1, -0.05) is 50.5 Å². The molecule has 0 aliphatic heterocycles. The maximum atomic E-state index is 12.1. The van der Waals surface area contributed by atoms with Crippen LogP contribution in [0.2, 0.25) is 0 Å². The number of carbonyl (C=O) groups is 2. The van der Waals surface area contributed by atoms with Gasteiger partial charge in [0, 0.05) is 24.7 Å². The van der Waals surface area contributed by atoms with Gasteiger partial charge in [-0.3, -0.25) is 9.59 Å². The van der Waals surface area contributed by atoms with Gasteiger partial charge in [0.25, 0.3) is 0 Å². The van der Waals surface area contributed by atoms with Gasteiger partial charge in [0.15, 0.2) is 0 Å². The summed E-state index contributed by atoms with van der Waals surface area (Å²) in [5, 5.41) is 28.7. The van der Waals surface area contributed by atoms with Gasteiger partial charge in [-0.15, -0.1) is 0 Å². The van der Waals surface area contributed by atoms with Crippen LogP contribution in [-0.4, -0.2) is 39.3 Å². The Hall–Kier alpha value is -1.46. The SMILES string of the molecule is CC/C=C\C[C@H](O)C/C=C/[C@H]1[C@H](O)CC(=O)[C@@H]1CCCCCCC(=O)O. The molecule has 1 rings (SSSR count). The number of rotatable bonds is 13. The minimum Gasteiger partial charge on any atom is -0.481 e. The van der Waals surface area contributed by atoms with E-state index in [1.54, 1.807) is 0 Å². The lowest BCUT2D eigenvalue weighted by atomic mass is 9.88. The molecule has 1 fully saturated rings. The molecular weight excluding hydrogens is 332 g/mol. The van der Waals surface area contributed by atoms with Crippen LogP contribution < -0.4 is 0 Å². The molecule has 0 saturated heterocycles. The molecule has 0 radical (unpaired) electrons. The van der Waals surface area contributed by atoms with Gasteiger partial charge in [0.1, 0.15) is 5.78 Å². The molecule has 0 bridgehead atoms. The number of aliphatic hydroxyl groups excluding tert-OH is 2. The van der Waals surface area contributed by atoms with Gasteiger partial charge in [0.2, 0.25) is 0 Å². The number of Topliss-reactive ketones (excluding diaryl/α,β-unsaturated/α-hetero) is 1. The van der Waals surface area contributed by atoms with Gasteiger partial charge < -0.3 is 15.3 Å². The Kier molecular flexibility index (Phi) is 11.1. The summed E-state index contributed by atoms with van der Waals surface area (Å²) in [6.07, 6.45) is 13.3. The average Bonchev–Trinajstić information content (AvgIpc) is 2.84. The van der Waals surface area contributed by atoms with Crippen LogP contribution in [0.25, 0.3) is 0 Å². The van der Waals surface area contributed by atoms with Gasteiger partial charge in [0.05, 0.1) is 12.2 Å². The van der Waals surface area contributed by atoms with E-state index in [0.717, 1.165) is 32.1 Å². The predicted molar refractivity (Wildman–Crippen MR) is 102 cm³/mol. The van der Waals surface area contributed by atoms with Crippen LogP contribution in [0.3, 0.4) is 0 Å². The third-order valence-corrected chi connectivity index (χ3v) is 4.97. The second-order valence-corrected chi connectivity index (χ2v) is 7.20. The number of hydrogen-bond donors (Lipinski definition) is 3. The molecule has 5 nitrogen and oxygen atoms in total. The van der Waals surface area contributed by atoms with Crippen LogP contribution in [0.15, 0.2) is 24.3 Å². The molecule has 5 heteroatoms. The Morgan fingerprint density at radius 2 is 1.85 bits per heavy atom. The number of carboxylic acid groups (broad SMARTS) is 1. The predicted octanol–water partition coefficient (Wildman–Crippen LogP) is 3.64. The largest absolute Gasteiger partial charge is 0.481 e. The third kappa shape index (κ3) is 8.77. The van der Waals surface area contributed by atoms with Crippen molar-refractivity contribution in [1.82, 2.24) is 0 Å². The number of carboxylic acids is 1. The van der Waals surface area contributed by atoms with Crippen molar-refractivity contribution in [2.75, 3.05) is 0 Å². The van der Waals surface area contributed by atoms with E-state index in [1.165, 1.54) is 0 Å². The molecule has 0 aromatic carbocycles. The fraction of sp³-hybridized carbons (Fsp3) is 0.714. The van der Waals surface area contributed by atoms with E-state index in [9.17, 15) is 19.8 Å². The van der Waals surface area contributed by atoms with Gasteiger partial charge >= 0.3 is 5.97 Å². The molecule has 0 heterocycles. The van der Waals surface area contributed by atoms with Crippen molar-refractivity contribution in [3.63, 3.8) is 0 Å². The number of ketones is 1. The first-order chi connectivity index (χ1) is 12.5. The summed E-state index contributed by atoms with van der Waals surface area (Å²) in [4.78, 5) is 22.6. The van der Waals surface area contributed by atoms with E-state index >= 15 is 0 Å². The number of aliphatic hydroxyl groups is 2. The van der Waals surface area contributed by atoms with Crippen LogP contribution in [0.4, 0.5) is 0 Å². The van der Waals surface area contributed by atoms with Crippen molar-refractivity contribution < 1.29 is 24.9 Å². The molecular formula is C21H34O5. The van der Waals surface area contributed by atoms with Gasteiger partial charge in [-0.2, -0.15) is 0 Å². The maximum absolute atomic E-state index is 12.1. The molecule has 1 saturated carbocycles. The van der Waals surface area contributed by atoms with Crippen LogP contribution in [0, 0.1) is 11.8 Å². The zero-order valence-electron chi connectivity index (χ0n) is 15.8. The van der Waals surface area contributed by atoms with Gasteiger partial charge in [-0.25, -0.2) is 0 Å². The van der Waals surface area contributed by atoms with Crippen molar-refractivity contribution >= 4 is 11.8 Å². The first-order valence-electron chi connectivity index (χ1n) is 9.88. The summed E-state index contributed by atoms with van der Waals surface area (Å²) in [5.41, 5.74) is 0. The Morgan fingerprint density at radius 3 is 2.54 bits per heavy atom. The molecule has 0 spiro atoms. The lowest BCUT2D eigenvalue weighted by Crippen LogP contribution is -2.18. The van der Waals surface area contributed by atoms with E-state index in [-0.39, 0.29) is 30.5 Å². The number of allylic oxidation sites excluding steroid dienone is 1. The molecule has 0 amide bonds. The Balaban J connectivity index is 2.38. The smallest absolute Gasteiger partial charge is 0.303 e. The highest BCUT2D eigenvalue weighted by molar-refractivity contribution is 5.84. The van der Waals surface area contributed by atoms with Crippen molar-refractivity contribution in [1.29, 1.82) is 0 Å². The minimum absolute atomic E-state index is 0.115. The number of unbranched alkanes of at least 4 members (excludes halogenated alkanes) is 3. The second kappa shape index (κ2) is 12.8. The maximum Gasteiger partial charge on any atom is 0.303 e. The topological polar surface area (TPSA) is 94.8 Å². The molecule has 3 N–H and O–H groups in total. The van der Waals surface area contributed by atoms with E-state index in [0.29, 0.717) is 19.3 Å².